The first-order chi connectivity index (χ1) is 15.0. The van der Waals surface area contributed by atoms with E-state index in [9.17, 15) is 14.0 Å². The van der Waals surface area contributed by atoms with Crippen molar-refractivity contribution in [3.63, 3.8) is 0 Å². The average Bonchev–Trinajstić information content (AvgIpc) is 2.79. The summed E-state index contributed by atoms with van der Waals surface area (Å²) in [4.78, 5) is 27.7. The number of rotatable bonds is 8. The minimum absolute atomic E-state index is 0.120. The molecule has 2 amide bonds. The van der Waals surface area contributed by atoms with Gasteiger partial charge in [-0.15, -0.1) is 0 Å². The molecule has 0 spiro atoms. The summed E-state index contributed by atoms with van der Waals surface area (Å²) in [5, 5.41) is 2.68. The van der Waals surface area contributed by atoms with E-state index >= 15 is 0 Å². The fourth-order valence-corrected chi connectivity index (χ4v) is 3.68. The van der Waals surface area contributed by atoms with Crippen molar-refractivity contribution >= 4 is 27.7 Å². The summed E-state index contributed by atoms with van der Waals surface area (Å²) in [6, 6.07) is 22.6. The van der Waals surface area contributed by atoms with Crippen molar-refractivity contribution in [1.29, 1.82) is 0 Å². The number of hydrogen-bond acceptors (Lipinski definition) is 2. The zero-order chi connectivity index (χ0) is 22.2. The summed E-state index contributed by atoms with van der Waals surface area (Å²) in [5.74, 6) is -1.00. The van der Waals surface area contributed by atoms with Crippen LogP contribution >= 0.6 is 15.9 Å². The summed E-state index contributed by atoms with van der Waals surface area (Å²) in [6.45, 7) is 0.242. The zero-order valence-electron chi connectivity index (χ0n) is 17.2. The molecule has 160 valence electrons. The van der Waals surface area contributed by atoms with Gasteiger partial charge in [-0.2, -0.15) is 0 Å². The number of hydrogen-bond donors (Lipinski definition) is 1. The van der Waals surface area contributed by atoms with Gasteiger partial charge in [-0.1, -0.05) is 76.6 Å². The van der Waals surface area contributed by atoms with E-state index in [0.717, 1.165) is 15.6 Å². The van der Waals surface area contributed by atoms with Gasteiger partial charge < -0.3 is 10.2 Å². The lowest BCUT2D eigenvalue weighted by Crippen LogP contribution is -2.50. The second kappa shape index (κ2) is 10.9. The molecular formula is C25H24BrFN2O2. The Hall–Kier alpha value is -2.99. The SMILES string of the molecule is CNC(=O)C(Cc1ccccc1)N(Cc1ccc(Br)cc1)C(=O)Cc1ccccc1F. The number of carbonyl (C=O) groups is 2. The molecule has 1 unspecified atom stereocenters. The Kier molecular flexibility index (Phi) is 7.95. The molecule has 6 heteroatoms. The predicted octanol–water partition coefficient (Wildman–Crippen LogP) is 4.52. The lowest BCUT2D eigenvalue weighted by molar-refractivity contribution is -0.140. The Labute approximate surface area is 190 Å². The van der Waals surface area contributed by atoms with Gasteiger partial charge >= 0.3 is 0 Å². The highest BCUT2D eigenvalue weighted by Gasteiger charge is 2.30. The molecule has 3 aromatic carbocycles. The first-order valence-electron chi connectivity index (χ1n) is 10.0. The van der Waals surface area contributed by atoms with Crippen LogP contribution < -0.4 is 5.32 Å². The number of nitrogens with one attached hydrogen (secondary N) is 1. The van der Waals surface area contributed by atoms with Gasteiger partial charge in [-0.3, -0.25) is 9.59 Å². The Morgan fingerprint density at radius 1 is 0.935 bits per heavy atom. The number of halogens is 2. The van der Waals surface area contributed by atoms with Crippen molar-refractivity contribution in [3.8, 4) is 0 Å². The first kappa shape index (κ1) is 22.7. The molecule has 3 aromatic rings. The largest absolute Gasteiger partial charge is 0.357 e. The lowest BCUT2D eigenvalue weighted by atomic mass is 10.0. The molecule has 0 radical (unpaired) electrons. The molecule has 1 N–H and O–H groups in total. The molecule has 4 nitrogen and oxygen atoms in total. The molecule has 0 aromatic heterocycles. The summed E-state index contributed by atoms with van der Waals surface area (Å²) in [5.41, 5.74) is 2.13. The van der Waals surface area contributed by atoms with Crippen LogP contribution in [0.15, 0.2) is 83.3 Å². The molecule has 0 aliphatic heterocycles. The number of amides is 2. The third-order valence-corrected chi connectivity index (χ3v) is 5.61. The van der Waals surface area contributed by atoms with Gasteiger partial charge in [-0.25, -0.2) is 4.39 Å². The normalized spacial score (nSPS) is 11.6. The fourth-order valence-electron chi connectivity index (χ4n) is 3.41. The Morgan fingerprint density at radius 2 is 1.58 bits per heavy atom. The van der Waals surface area contributed by atoms with Crippen LogP contribution in [0.5, 0.6) is 0 Å². The minimum atomic E-state index is -0.727. The van der Waals surface area contributed by atoms with Crippen LogP contribution in [0.2, 0.25) is 0 Å². The standard InChI is InChI=1S/C25H24BrFN2O2/c1-28-25(31)23(15-18-7-3-2-4-8-18)29(17-19-11-13-21(26)14-12-19)24(30)16-20-9-5-6-10-22(20)27/h2-14,23H,15-17H2,1H3,(H,28,31). The van der Waals surface area contributed by atoms with Crippen LogP contribution in [0, 0.1) is 5.82 Å². The maximum atomic E-state index is 14.2. The maximum Gasteiger partial charge on any atom is 0.242 e. The van der Waals surface area contributed by atoms with Crippen molar-refractivity contribution in [2.75, 3.05) is 7.05 Å². The Bertz CT molecular complexity index is 1030. The molecule has 0 aliphatic rings. The van der Waals surface area contributed by atoms with Gasteiger partial charge in [0.1, 0.15) is 11.9 Å². The van der Waals surface area contributed by atoms with Crippen molar-refractivity contribution in [2.24, 2.45) is 0 Å². The van der Waals surface area contributed by atoms with Crippen LogP contribution in [0.4, 0.5) is 4.39 Å². The highest BCUT2D eigenvalue weighted by molar-refractivity contribution is 9.10. The van der Waals surface area contributed by atoms with E-state index in [-0.39, 0.29) is 24.8 Å². The van der Waals surface area contributed by atoms with E-state index in [0.29, 0.717) is 12.0 Å². The van der Waals surface area contributed by atoms with Gasteiger partial charge in [0.25, 0.3) is 0 Å². The molecule has 1 atom stereocenters. The van der Waals surface area contributed by atoms with E-state index in [1.807, 2.05) is 54.6 Å². The third kappa shape index (κ3) is 6.25. The molecule has 0 aliphatic carbocycles. The Morgan fingerprint density at radius 3 is 2.23 bits per heavy atom. The quantitative estimate of drug-likeness (QED) is 0.513. The second-order valence-electron chi connectivity index (χ2n) is 7.24. The maximum absolute atomic E-state index is 14.2. The average molecular weight is 483 g/mol. The smallest absolute Gasteiger partial charge is 0.242 e. The van der Waals surface area contributed by atoms with Gasteiger partial charge in [0.2, 0.25) is 11.8 Å². The Balaban J connectivity index is 1.94. The number of nitrogens with zero attached hydrogens (tertiary/aromatic N) is 1. The molecule has 0 saturated heterocycles. The van der Waals surface area contributed by atoms with Gasteiger partial charge in [0, 0.05) is 24.5 Å². The van der Waals surface area contributed by atoms with Crippen molar-refractivity contribution in [3.05, 3.63) is 106 Å². The van der Waals surface area contributed by atoms with E-state index in [4.69, 9.17) is 0 Å². The monoisotopic (exact) mass is 482 g/mol. The summed E-state index contributed by atoms with van der Waals surface area (Å²) >= 11 is 3.41. The number of benzene rings is 3. The van der Waals surface area contributed by atoms with E-state index < -0.39 is 11.9 Å². The van der Waals surface area contributed by atoms with Gasteiger partial charge in [-0.05, 0) is 34.9 Å². The number of likely N-dealkylation sites (N-methyl/N-ethyl adjacent to an activating group) is 1. The van der Waals surface area contributed by atoms with Crippen LogP contribution in [-0.2, 0) is 29.0 Å². The summed E-state index contributed by atoms with van der Waals surface area (Å²) in [7, 11) is 1.56. The topological polar surface area (TPSA) is 49.4 Å². The van der Waals surface area contributed by atoms with Crippen LogP contribution in [0.3, 0.4) is 0 Å². The minimum Gasteiger partial charge on any atom is -0.357 e. The molecule has 3 rings (SSSR count). The molecule has 31 heavy (non-hydrogen) atoms. The molecule has 0 saturated carbocycles. The van der Waals surface area contributed by atoms with Crippen molar-refractivity contribution in [1.82, 2.24) is 10.2 Å². The summed E-state index contributed by atoms with van der Waals surface area (Å²) in [6.07, 6.45) is 0.242. The predicted molar refractivity (Wildman–Crippen MR) is 123 cm³/mol. The molecule has 0 heterocycles. The van der Waals surface area contributed by atoms with E-state index in [1.165, 1.54) is 6.07 Å². The zero-order valence-corrected chi connectivity index (χ0v) is 18.8. The van der Waals surface area contributed by atoms with E-state index in [1.54, 1.807) is 30.1 Å². The lowest BCUT2D eigenvalue weighted by Gasteiger charge is -2.31. The van der Waals surface area contributed by atoms with Crippen LogP contribution in [0.1, 0.15) is 16.7 Å². The molecule has 0 bridgehead atoms. The molecule has 0 fully saturated rings. The van der Waals surface area contributed by atoms with Crippen molar-refractivity contribution in [2.45, 2.75) is 25.4 Å². The highest BCUT2D eigenvalue weighted by Crippen LogP contribution is 2.19. The second-order valence-corrected chi connectivity index (χ2v) is 8.15. The van der Waals surface area contributed by atoms with Gasteiger partial charge in [0.05, 0.1) is 6.42 Å². The van der Waals surface area contributed by atoms with Crippen molar-refractivity contribution < 1.29 is 14.0 Å². The van der Waals surface area contributed by atoms with Crippen LogP contribution in [-0.4, -0.2) is 29.8 Å². The van der Waals surface area contributed by atoms with Crippen LogP contribution in [0.25, 0.3) is 0 Å². The fraction of sp³-hybridized carbons (Fsp3) is 0.200. The highest BCUT2D eigenvalue weighted by atomic mass is 79.9. The number of carbonyl (C=O) groups excluding carboxylic acids is 2. The summed E-state index contributed by atoms with van der Waals surface area (Å²) < 4.78 is 15.1. The first-order valence-corrected chi connectivity index (χ1v) is 10.8. The molecular weight excluding hydrogens is 459 g/mol. The third-order valence-electron chi connectivity index (χ3n) is 5.08. The van der Waals surface area contributed by atoms with E-state index in [2.05, 4.69) is 21.2 Å². The van der Waals surface area contributed by atoms with Gasteiger partial charge in [0.15, 0.2) is 0 Å².